The van der Waals surface area contributed by atoms with Gasteiger partial charge in [-0.3, -0.25) is 0 Å². The van der Waals surface area contributed by atoms with E-state index in [1.54, 1.807) is 11.0 Å². The Morgan fingerprint density at radius 1 is 0.635 bits per heavy atom. The lowest BCUT2D eigenvalue weighted by Crippen LogP contribution is -2.68. The van der Waals surface area contributed by atoms with Crippen LogP contribution in [0.4, 0.5) is 14.9 Å². The molecular formula is C62H73FN4O5Si2. The Labute approximate surface area is 440 Å². The van der Waals surface area contributed by atoms with Gasteiger partial charge in [-0.25, -0.2) is 9.18 Å². The molecule has 0 radical (unpaired) electrons. The van der Waals surface area contributed by atoms with E-state index in [0.29, 0.717) is 43.2 Å². The van der Waals surface area contributed by atoms with Crippen LogP contribution in [0.1, 0.15) is 65.5 Å². The molecule has 8 rings (SSSR count). The fraction of sp³-hybridized carbons (Fsp3) is 0.306. The summed E-state index contributed by atoms with van der Waals surface area (Å²) in [6, 6.07) is 63.0. The number of aliphatic hydroxyl groups is 1. The van der Waals surface area contributed by atoms with Crippen molar-refractivity contribution in [3.8, 4) is 17.2 Å². The molecule has 0 saturated carbocycles. The number of ether oxygens (including phenoxy) is 1. The van der Waals surface area contributed by atoms with Crippen molar-refractivity contribution in [3.05, 3.63) is 205 Å². The number of hydrogen-bond donors (Lipinski definition) is 4. The molecule has 74 heavy (non-hydrogen) atoms. The van der Waals surface area contributed by atoms with Crippen LogP contribution in [0.25, 0.3) is 0 Å². The zero-order valence-electron chi connectivity index (χ0n) is 43.8. The van der Waals surface area contributed by atoms with Crippen molar-refractivity contribution in [2.45, 2.75) is 89.6 Å². The maximum absolute atomic E-state index is 15.8. The van der Waals surface area contributed by atoms with E-state index in [9.17, 15) is 9.90 Å². The highest BCUT2D eigenvalue weighted by atomic mass is 28.4. The molecule has 2 amide bonds. The first-order valence-electron chi connectivity index (χ1n) is 26.0. The summed E-state index contributed by atoms with van der Waals surface area (Å²) in [6.07, 6.45) is 1.75. The summed E-state index contributed by atoms with van der Waals surface area (Å²) in [6.45, 7) is 15.9. The normalized spacial score (nSPS) is 14.0. The summed E-state index contributed by atoms with van der Waals surface area (Å²) in [5.41, 5.74) is 2.64. The van der Waals surface area contributed by atoms with Crippen LogP contribution in [-0.2, 0) is 13.0 Å². The third kappa shape index (κ3) is 12.8. The van der Waals surface area contributed by atoms with Gasteiger partial charge in [-0.15, -0.1) is 0 Å². The molecule has 0 aromatic heterocycles. The zero-order chi connectivity index (χ0) is 52.2. The molecular weight excluding hydrogens is 956 g/mol. The Morgan fingerprint density at radius 2 is 1.09 bits per heavy atom. The van der Waals surface area contributed by atoms with Crippen LogP contribution in [0.5, 0.6) is 17.2 Å². The second-order valence-corrected chi connectivity index (χ2v) is 29.9. The van der Waals surface area contributed by atoms with E-state index in [4.69, 9.17) is 13.6 Å². The fourth-order valence-electron chi connectivity index (χ4n) is 10.3. The minimum absolute atomic E-state index is 0.0805. The molecule has 0 aliphatic carbocycles. The molecule has 1 aliphatic rings. The molecule has 1 saturated heterocycles. The smallest absolute Gasteiger partial charge is 0.319 e. The molecule has 12 heteroatoms. The Bertz CT molecular complexity index is 2760. The predicted molar refractivity (Wildman–Crippen MR) is 304 cm³/mol. The van der Waals surface area contributed by atoms with E-state index < -0.39 is 28.6 Å². The Hall–Kier alpha value is -6.71. The Balaban J connectivity index is 0.739. The molecule has 1 atom stereocenters. The topological polar surface area (TPSA) is 104 Å². The number of rotatable bonds is 20. The zero-order valence-corrected chi connectivity index (χ0v) is 45.8. The van der Waals surface area contributed by atoms with Crippen LogP contribution in [0.15, 0.2) is 188 Å². The summed E-state index contributed by atoms with van der Waals surface area (Å²) >= 11 is 0. The molecule has 0 bridgehead atoms. The summed E-state index contributed by atoms with van der Waals surface area (Å²) < 4.78 is 35.9. The average Bonchev–Trinajstić information content (AvgIpc) is 3.42. The van der Waals surface area contributed by atoms with Crippen LogP contribution < -0.4 is 50.3 Å². The van der Waals surface area contributed by atoms with Gasteiger partial charge >= 0.3 is 22.7 Å². The molecule has 7 aromatic carbocycles. The Morgan fingerprint density at radius 3 is 1.57 bits per heavy atom. The maximum atomic E-state index is 15.8. The van der Waals surface area contributed by atoms with E-state index in [1.807, 2.05) is 78.9 Å². The second kappa shape index (κ2) is 24.1. The SMILES string of the molecule is CC(C)(C)[Si](Oc1ccc(OC[C@@H](O)CNCCc2ccc(NC3CCN(C(=O)NCc4ccc(O[Si](c5ccccc5)(c5ccccc5)C(C)(C)C)cc4F)CC3)cc2)cc1)(c1ccccc1)c1ccccc1. The number of urea groups is 1. The molecule has 0 spiro atoms. The van der Waals surface area contributed by atoms with E-state index in [1.165, 1.54) is 22.0 Å². The lowest BCUT2D eigenvalue weighted by atomic mass is 10.0. The lowest BCUT2D eigenvalue weighted by molar-refractivity contribution is 0.106. The summed E-state index contributed by atoms with van der Waals surface area (Å²) in [7, 11) is -5.67. The van der Waals surface area contributed by atoms with Crippen molar-refractivity contribution in [1.82, 2.24) is 15.5 Å². The maximum Gasteiger partial charge on any atom is 0.319 e. The summed E-state index contributed by atoms with van der Waals surface area (Å²) in [5, 5.41) is 24.9. The minimum Gasteiger partial charge on any atom is -0.534 e. The van der Waals surface area contributed by atoms with Crippen LogP contribution in [0, 0.1) is 5.82 Å². The van der Waals surface area contributed by atoms with Crippen molar-refractivity contribution in [2.24, 2.45) is 0 Å². The number of piperidine rings is 1. The molecule has 7 aromatic rings. The fourth-order valence-corrected chi connectivity index (χ4v) is 19.1. The number of aliphatic hydroxyl groups excluding tert-OH is 1. The minimum atomic E-state index is -2.92. The highest BCUT2D eigenvalue weighted by molar-refractivity contribution is 7.00. The monoisotopic (exact) mass is 1030 g/mol. The van der Waals surface area contributed by atoms with Gasteiger partial charge in [0.05, 0.1) is 0 Å². The number of nitrogens with one attached hydrogen (secondary N) is 3. The lowest BCUT2D eigenvalue weighted by Gasteiger charge is -2.43. The van der Waals surface area contributed by atoms with Crippen molar-refractivity contribution >= 4 is 49.1 Å². The van der Waals surface area contributed by atoms with Gasteiger partial charge in [0.25, 0.3) is 0 Å². The van der Waals surface area contributed by atoms with Gasteiger partial charge in [-0.2, -0.15) is 0 Å². The van der Waals surface area contributed by atoms with Crippen molar-refractivity contribution in [3.63, 3.8) is 0 Å². The van der Waals surface area contributed by atoms with Crippen molar-refractivity contribution in [1.29, 1.82) is 0 Å². The van der Waals surface area contributed by atoms with Crippen LogP contribution in [0.2, 0.25) is 10.1 Å². The van der Waals surface area contributed by atoms with Crippen LogP contribution >= 0.6 is 0 Å². The number of likely N-dealkylation sites (tertiary alicyclic amines) is 1. The largest absolute Gasteiger partial charge is 0.534 e. The third-order valence-electron chi connectivity index (χ3n) is 14.2. The molecule has 1 aliphatic heterocycles. The molecule has 9 nitrogen and oxygen atoms in total. The van der Waals surface area contributed by atoms with E-state index in [0.717, 1.165) is 41.1 Å². The number of halogens is 1. The standard InChI is InChI=1S/C62H73FN4O5Si2/c1-61(2,3)73(55-19-11-7-12-20-55,56-21-13-8-14-22-56)71-53-35-33-52(34-36-53)70-46-51(68)45-64-40-37-47-27-30-49(31-28-47)66-50-38-41-67(42-39-50)60(69)65-44-48-29-32-54(43-59(48)63)72-74(62(4,5)6,57-23-15-9-16-24-57)58-25-17-10-18-26-58/h7-36,43,50-51,64,66,68H,37-42,44-46H2,1-6H3,(H,65,69)/t51-/m0/s1. The highest BCUT2D eigenvalue weighted by Gasteiger charge is 2.53. The first-order valence-corrected chi connectivity index (χ1v) is 29.8. The highest BCUT2D eigenvalue weighted by Crippen LogP contribution is 2.39. The van der Waals surface area contributed by atoms with Gasteiger partial charge in [0, 0.05) is 49.5 Å². The molecule has 4 N–H and O–H groups in total. The number of carbonyl (C=O) groups is 1. The van der Waals surface area contributed by atoms with Gasteiger partial charge in [0.1, 0.15) is 35.8 Å². The molecule has 1 heterocycles. The number of anilines is 1. The molecule has 386 valence electrons. The van der Waals surface area contributed by atoms with Crippen molar-refractivity contribution in [2.75, 3.05) is 38.1 Å². The van der Waals surface area contributed by atoms with Gasteiger partial charge in [0.2, 0.25) is 0 Å². The number of carbonyl (C=O) groups excluding carboxylic acids is 1. The van der Waals surface area contributed by atoms with Crippen molar-refractivity contribution < 1.29 is 27.9 Å². The summed E-state index contributed by atoms with van der Waals surface area (Å²) in [5.74, 6) is 1.52. The van der Waals surface area contributed by atoms with E-state index in [-0.39, 0.29) is 35.3 Å². The van der Waals surface area contributed by atoms with E-state index in [2.05, 4.69) is 155 Å². The van der Waals surface area contributed by atoms with Gasteiger partial charge in [-0.05, 0) is 105 Å². The molecule has 0 unspecified atom stereocenters. The van der Waals surface area contributed by atoms with Crippen LogP contribution in [0.3, 0.4) is 0 Å². The second-order valence-electron chi connectivity index (χ2n) is 21.4. The quantitative estimate of drug-likeness (QED) is 0.0446. The van der Waals surface area contributed by atoms with Gasteiger partial charge in [0.15, 0.2) is 0 Å². The third-order valence-corrected chi connectivity index (χ3v) is 24.1. The van der Waals surface area contributed by atoms with Gasteiger partial charge < -0.3 is 39.5 Å². The predicted octanol–water partition coefficient (Wildman–Crippen LogP) is 10.1. The number of hydrogen-bond acceptors (Lipinski definition) is 7. The first-order chi connectivity index (χ1) is 35.6. The number of amides is 2. The first kappa shape index (κ1) is 53.6. The average molecular weight is 1030 g/mol. The van der Waals surface area contributed by atoms with Crippen LogP contribution in [-0.4, -0.2) is 77.6 Å². The Kier molecular flexibility index (Phi) is 17.4. The number of benzene rings is 7. The summed E-state index contributed by atoms with van der Waals surface area (Å²) in [4.78, 5) is 15.1. The molecule has 1 fully saturated rings. The van der Waals surface area contributed by atoms with Gasteiger partial charge in [-0.1, -0.05) is 181 Å². The number of nitrogens with zero attached hydrogens (tertiary/aromatic N) is 1. The van der Waals surface area contributed by atoms with E-state index >= 15 is 4.39 Å².